The van der Waals surface area contributed by atoms with E-state index in [1.54, 1.807) is 10.6 Å². The van der Waals surface area contributed by atoms with Gasteiger partial charge in [0.05, 0.1) is 5.69 Å². The van der Waals surface area contributed by atoms with Crippen LogP contribution in [0.15, 0.2) is 50.3 Å². The predicted octanol–water partition coefficient (Wildman–Crippen LogP) is 4.96. The summed E-state index contributed by atoms with van der Waals surface area (Å²) < 4.78 is 3.84. The Hall–Kier alpha value is -1.07. The maximum absolute atomic E-state index is 11.7. The van der Waals surface area contributed by atoms with E-state index in [1.807, 2.05) is 24.4 Å². The fourth-order valence-electron chi connectivity index (χ4n) is 2.21. The fraction of sp³-hybridized carbons (Fsp3) is 0.312. The smallest absolute Gasteiger partial charge is 0.250 e. The van der Waals surface area contributed by atoms with Gasteiger partial charge in [-0.15, -0.1) is 0 Å². The first-order valence-corrected chi connectivity index (χ1v) is 8.52. The van der Waals surface area contributed by atoms with Crippen LogP contribution in [0.5, 0.6) is 0 Å². The molecule has 1 N–H and O–H groups in total. The molecule has 0 saturated carbocycles. The third-order valence-corrected chi connectivity index (χ3v) is 4.44. The SMILES string of the molecule is CCCn1cc(NC(C)c2ccc(Br)cc2Br)ccc1=O. The minimum atomic E-state index is 0.0416. The van der Waals surface area contributed by atoms with Gasteiger partial charge in [0.2, 0.25) is 0 Å². The van der Waals surface area contributed by atoms with E-state index in [0.29, 0.717) is 0 Å². The minimum Gasteiger partial charge on any atom is -0.377 e. The summed E-state index contributed by atoms with van der Waals surface area (Å²) in [6, 6.07) is 9.72. The van der Waals surface area contributed by atoms with Crippen molar-refractivity contribution >= 4 is 37.5 Å². The molecule has 0 aliphatic heterocycles. The second-order valence-corrected chi connectivity index (χ2v) is 6.75. The summed E-state index contributed by atoms with van der Waals surface area (Å²) in [5, 5.41) is 3.44. The summed E-state index contributed by atoms with van der Waals surface area (Å²) in [6.07, 6.45) is 2.83. The lowest BCUT2D eigenvalue weighted by Crippen LogP contribution is -2.19. The lowest BCUT2D eigenvalue weighted by atomic mass is 10.1. The van der Waals surface area contributed by atoms with Crippen molar-refractivity contribution in [2.75, 3.05) is 5.32 Å². The van der Waals surface area contributed by atoms with Crippen molar-refractivity contribution < 1.29 is 0 Å². The summed E-state index contributed by atoms with van der Waals surface area (Å²) in [7, 11) is 0. The molecule has 0 radical (unpaired) electrons. The summed E-state index contributed by atoms with van der Waals surface area (Å²) in [5.41, 5.74) is 2.16. The molecule has 1 heterocycles. The summed E-state index contributed by atoms with van der Waals surface area (Å²) in [5.74, 6) is 0. The van der Waals surface area contributed by atoms with Crippen LogP contribution in [0.3, 0.4) is 0 Å². The van der Waals surface area contributed by atoms with E-state index >= 15 is 0 Å². The minimum absolute atomic E-state index is 0.0416. The summed E-state index contributed by atoms with van der Waals surface area (Å²) >= 11 is 7.05. The highest BCUT2D eigenvalue weighted by atomic mass is 79.9. The first-order chi connectivity index (χ1) is 10.0. The second kappa shape index (κ2) is 7.27. The highest BCUT2D eigenvalue weighted by Crippen LogP contribution is 2.28. The van der Waals surface area contributed by atoms with Crippen LogP contribution in [0.25, 0.3) is 0 Å². The Labute approximate surface area is 141 Å². The van der Waals surface area contributed by atoms with Crippen molar-refractivity contribution in [2.45, 2.75) is 32.9 Å². The average molecular weight is 414 g/mol. The Kier molecular flexibility index (Phi) is 5.65. The molecular formula is C16H18Br2N2O. The maximum Gasteiger partial charge on any atom is 0.250 e. The molecule has 1 atom stereocenters. The van der Waals surface area contributed by atoms with Gasteiger partial charge in [0.25, 0.3) is 5.56 Å². The first-order valence-electron chi connectivity index (χ1n) is 6.93. The molecule has 0 bridgehead atoms. The molecule has 1 aromatic carbocycles. The quantitative estimate of drug-likeness (QED) is 0.751. The number of benzene rings is 1. The summed E-state index contributed by atoms with van der Waals surface area (Å²) in [4.78, 5) is 11.7. The third-order valence-electron chi connectivity index (χ3n) is 3.26. The molecule has 5 heteroatoms. The molecule has 0 fully saturated rings. The van der Waals surface area contributed by atoms with Crippen molar-refractivity contribution in [3.8, 4) is 0 Å². The number of aromatic nitrogens is 1. The van der Waals surface area contributed by atoms with E-state index in [-0.39, 0.29) is 11.6 Å². The van der Waals surface area contributed by atoms with Crippen molar-refractivity contribution in [3.63, 3.8) is 0 Å². The molecule has 0 aliphatic carbocycles. The normalized spacial score (nSPS) is 12.2. The van der Waals surface area contributed by atoms with Gasteiger partial charge in [0.15, 0.2) is 0 Å². The molecule has 0 spiro atoms. The van der Waals surface area contributed by atoms with Gasteiger partial charge in [-0.1, -0.05) is 44.8 Å². The van der Waals surface area contributed by atoms with Gasteiger partial charge in [-0.25, -0.2) is 0 Å². The molecule has 2 rings (SSSR count). The lowest BCUT2D eigenvalue weighted by Gasteiger charge is -2.18. The lowest BCUT2D eigenvalue weighted by molar-refractivity contribution is 0.654. The van der Waals surface area contributed by atoms with E-state index in [0.717, 1.165) is 27.6 Å². The second-order valence-electron chi connectivity index (χ2n) is 4.98. The van der Waals surface area contributed by atoms with Gasteiger partial charge >= 0.3 is 0 Å². The summed E-state index contributed by atoms with van der Waals surface area (Å²) in [6.45, 7) is 4.90. The van der Waals surface area contributed by atoms with Crippen LogP contribution in [-0.2, 0) is 6.54 Å². The molecule has 0 amide bonds. The van der Waals surface area contributed by atoms with E-state index in [9.17, 15) is 4.79 Å². The zero-order valence-corrected chi connectivity index (χ0v) is 15.2. The fourth-order valence-corrected chi connectivity index (χ4v) is 3.60. The molecule has 3 nitrogen and oxygen atoms in total. The van der Waals surface area contributed by atoms with Crippen LogP contribution < -0.4 is 10.9 Å². The molecule has 112 valence electrons. The Morgan fingerprint density at radius 3 is 2.67 bits per heavy atom. The number of anilines is 1. The van der Waals surface area contributed by atoms with Crippen molar-refractivity contribution in [1.82, 2.24) is 4.57 Å². The molecule has 1 unspecified atom stereocenters. The van der Waals surface area contributed by atoms with E-state index in [2.05, 4.69) is 57.1 Å². The van der Waals surface area contributed by atoms with E-state index < -0.39 is 0 Å². The highest BCUT2D eigenvalue weighted by Gasteiger charge is 2.10. The Bertz CT molecular complexity index is 682. The van der Waals surface area contributed by atoms with Crippen molar-refractivity contribution in [3.05, 3.63) is 61.4 Å². The van der Waals surface area contributed by atoms with Gasteiger partial charge in [0, 0.05) is 33.8 Å². The monoisotopic (exact) mass is 412 g/mol. The molecule has 1 aromatic heterocycles. The predicted molar refractivity (Wildman–Crippen MR) is 94.9 cm³/mol. The number of hydrogen-bond acceptors (Lipinski definition) is 2. The Balaban J connectivity index is 2.21. The number of nitrogens with zero attached hydrogens (tertiary/aromatic N) is 1. The average Bonchev–Trinajstić information content (AvgIpc) is 2.42. The molecule has 0 aliphatic rings. The van der Waals surface area contributed by atoms with E-state index in [4.69, 9.17) is 0 Å². The van der Waals surface area contributed by atoms with Crippen molar-refractivity contribution in [1.29, 1.82) is 0 Å². The van der Waals surface area contributed by atoms with Gasteiger partial charge in [-0.05, 0) is 37.1 Å². The number of rotatable bonds is 5. The van der Waals surface area contributed by atoms with Crippen LogP contribution in [0.1, 0.15) is 31.9 Å². The van der Waals surface area contributed by atoms with Crippen LogP contribution in [-0.4, -0.2) is 4.57 Å². The molecule has 0 saturated heterocycles. The first kappa shape index (κ1) is 16.3. The van der Waals surface area contributed by atoms with Crippen LogP contribution in [0, 0.1) is 0 Å². The molecule has 21 heavy (non-hydrogen) atoms. The zero-order valence-electron chi connectivity index (χ0n) is 12.1. The number of halogens is 2. The topological polar surface area (TPSA) is 34.0 Å². The molecule has 2 aromatic rings. The largest absolute Gasteiger partial charge is 0.377 e. The number of pyridine rings is 1. The Morgan fingerprint density at radius 1 is 1.24 bits per heavy atom. The van der Waals surface area contributed by atoms with Crippen LogP contribution in [0.2, 0.25) is 0 Å². The maximum atomic E-state index is 11.7. The standard InChI is InChI=1S/C16H18Br2N2O/c1-3-8-20-10-13(5-7-16(20)21)19-11(2)14-6-4-12(17)9-15(14)18/h4-7,9-11,19H,3,8H2,1-2H3. The van der Waals surface area contributed by atoms with Crippen LogP contribution in [0.4, 0.5) is 5.69 Å². The number of nitrogens with one attached hydrogen (secondary N) is 1. The third kappa shape index (κ3) is 4.20. The van der Waals surface area contributed by atoms with E-state index in [1.165, 1.54) is 5.56 Å². The molecular weight excluding hydrogens is 396 g/mol. The highest BCUT2D eigenvalue weighted by molar-refractivity contribution is 9.11. The van der Waals surface area contributed by atoms with Gasteiger partial charge in [-0.2, -0.15) is 0 Å². The number of aryl methyl sites for hydroxylation is 1. The van der Waals surface area contributed by atoms with Crippen molar-refractivity contribution in [2.24, 2.45) is 0 Å². The van der Waals surface area contributed by atoms with Gasteiger partial charge in [-0.3, -0.25) is 4.79 Å². The Morgan fingerprint density at radius 2 is 2.00 bits per heavy atom. The zero-order chi connectivity index (χ0) is 15.4. The van der Waals surface area contributed by atoms with Crippen LogP contribution >= 0.6 is 31.9 Å². The van der Waals surface area contributed by atoms with Gasteiger partial charge < -0.3 is 9.88 Å². The van der Waals surface area contributed by atoms with Gasteiger partial charge in [0.1, 0.15) is 0 Å². The number of hydrogen-bond donors (Lipinski definition) is 1.